The van der Waals surface area contributed by atoms with E-state index in [1.54, 1.807) is 18.4 Å². The molecule has 1 aliphatic rings. The fraction of sp³-hybridized carbons (Fsp3) is 0.360. The lowest BCUT2D eigenvalue weighted by Gasteiger charge is -2.19. The number of carbonyl (C=O) groups excluding carboxylic acids is 2. The Balaban J connectivity index is 1.36. The number of rotatable bonds is 9. The highest BCUT2D eigenvalue weighted by Crippen LogP contribution is 2.41. The number of hydrogen-bond acceptors (Lipinski definition) is 5. The Morgan fingerprint density at radius 2 is 1.94 bits per heavy atom. The summed E-state index contributed by atoms with van der Waals surface area (Å²) in [4.78, 5) is 26.5. The second kappa shape index (κ2) is 9.61. The van der Waals surface area contributed by atoms with E-state index in [1.165, 1.54) is 4.88 Å². The summed E-state index contributed by atoms with van der Waals surface area (Å²) < 4.78 is 12.7. The van der Waals surface area contributed by atoms with Gasteiger partial charge in [-0.25, -0.2) is 4.79 Å². The molecule has 0 spiro atoms. The third-order valence-corrected chi connectivity index (χ3v) is 6.77. The van der Waals surface area contributed by atoms with E-state index in [-0.39, 0.29) is 18.6 Å². The molecule has 0 radical (unpaired) electrons. The number of thiophene rings is 1. The molecule has 1 fully saturated rings. The van der Waals surface area contributed by atoms with Crippen molar-refractivity contribution in [1.29, 1.82) is 0 Å². The van der Waals surface area contributed by atoms with Gasteiger partial charge in [-0.2, -0.15) is 0 Å². The minimum Gasteiger partial charge on any atom is -0.497 e. The van der Waals surface area contributed by atoms with E-state index in [9.17, 15) is 9.59 Å². The minimum atomic E-state index is -0.474. The molecule has 2 heterocycles. The number of ether oxygens (including phenoxy) is 2. The van der Waals surface area contributed by atoms with Gasteiger partial charge < -0.3 is 19.4 Å². The van der Waals surface area contributed by atoms with E-state index in [4.69, 9.17) is 9.47 Å². The Morgan fingerprint density at radius 1 is 1.19 bits per heavy atom. The molecule has 7 heteroatoms. The molecule has 0 saturated heterocycles. The third-order valence-electron chi connectivity index (χ3n) is 5.91. The van der Waals surface area contributed by atoms with Crippen LogP contribution in [-0.2, 0) is 16.1 Å². The van der Waals surface area contributed by atoms with Crippen LogP contribution in [0.4, 0.5) is 0 Å². The molecule has 168 valence electrons. The maximum Gasteiger partial charge on any atom is 0.340 e. The molecule has 6 nitrogen and oxygen atoms in total. The van der Waals surface area contributed by atoms with Crippen LogP contribution < -0.4 is 10.1 Å². The average Bonchev–Trinajstić information content (AvgIpc) is 3.44. The zero-order valence-corrected chi connectivity index (χ0v) is 19.4. The van der Waals surface area contributed by atoms with Gasteiger partial charge in [0.05, 0.1) is 25.3 Å². The summed E-state index contributed by atoms with van der Waals surface area (Å²) in [5.74, 6) is 0.427. The summed E-state index contributed by atoms with van der Waals surface area (Å²) >= 11 is 1.68. The maximum atomic E-state index is 12.7. The van der Waals surface area contributed by atoms with Gasteiger partial charge in [-0.1, -0.05) is 18.2 Å². The van der Waals surface area contributed by atoms with Gasteiger partial charge in [0.1, 0.15) is 5.75 Å². The number of esters is 1. The first-order valence-electron chi connectivity index (χ1n) is 10.8. The molecule has 0 aliphatic heterocycles. The Kier molecular flexibility index (Phi) is 6.65. The molecule has 1 N–H and O–H groups in total. The van der Waals surface area contributed by atoms with Crippen LogP contribution in [0.2, 0.25) is 0 Å². The second-order valence-corrected chi connectivity index (χ2v) is 9.21. The number of amides is 1. The number of benzene rings is 1. The Hall–Kier alpha value is -3.06. The molecular formula is C25H28N2O4S. The largest absolute Gasteiger partial charge is 0.497 e. The van der Waals surface area contributed by atoms with Crippen molar-refractivity contribution in [2.45, 2.75) is 39.3 Å². The van der Waals surface area contributed by atoms with E-state index in [0.717, 1.165) is 35.5 Å². The Labute approximate surface area is 192 Å². The van der Waals surface area contributed by atoms with Crippen molar-refractivity contribution in [1.82, 2.24) is 9.88 Å². The van der Waals surface area contributed by atoms with Gasteiger partial charge in [0.25, 0.3) is 5.91 Å². The zero-order valence-electron chi connectivity index (χ0n) is 18.6. The van der Waals surface area contributed by atoms with Crippen LogP contribution in [0.5, 0.6) is 5.75 Å². The first kappa shape index (κ1) is 22.1. The van der Waals surface area contributed by atoms with Gasteiger partial charge in [-0.3, -0.25) is 4.79 Å². The van der Waals surface area contributed by atoms with Crippen molar-refractivity contribution in [3.63, 3.8) is 0 Å². The lowest BCUT2D eigenvalue weighted by atomic mass is 10.0. The lowest BCUT2D eigenvalue weighted by Crippen LogP contribution is -2.33. The Bertz CT molecular complexity index is 1080. The van der Waals surface area contributed by atoms with E-state index in [2.05, 4.69) is 16.0 Å². The number of aryl methyl sites for hydroxylation is 1. The zero-order chi connectivity index (χ0) is 22.7. The Morgan fingerprint density at radius 3 is 2.56 bits per heavy atom. The molecule has 1 atom stereocenters. The SMILES string of the molecule is COc1ccc(C(NC(=O)COC(=O)c2cc(C)n(Cc3cccs3)c2C)C2CC2)cc1. The van der Waals surface area contributed by atoms with Crippen molar-refractivity contribution in [2.75, 3.05) is 13.7 Å². The van der Waals surface area contributed by atoms with E-state index >= 15 is 0 Å². The second-order valence-electron chi connectivity index (χ2n) is 8.18. The molecule has 1 amide bonds. The van der Waals surface area contributed by atoms with Gasteiger partial charge in [0.15, 0.2) is 6.61 Å². The molecule has 1 saturated carbocycles. The number of carbonyl (C=O) groups is 2. The van der Waals surface area contributed by atoms with Crippen LogP contribution in [0.3, 0.4) is 0 Å². The summed E-state index contributed by atoms with van der Waals surface area (Å²) in [6.45, 7) is 4.30. The fourth-order valence-corrected chi connectivity index (χ4v) is 4.64. The molecule has 1 aromatic carbocycles. The summed E-state index contributed by atoms with van der Waals surface area (Å²) in [5, 5.41) is 5.08. The quantitative estimate of drug-likeness (QED) is 0.480. The van der Waals surface area contributed by atoms with Crippen molar-refractivity contribution in [2.24, 2.45) is 5.92 Å². The van der Waals surface area contributed by atoms with Gasteiger partial charge in [-0.05, 0) is 67.8 Å². The summed E-state index contributed by atoms with van der Waals surface area (Å²) in [6, 6.07) is 13.6. The molecule has 1 unspecified atom stereocenters. The van der Waals surface area contributed by atoms with Crippen LogP contribution in [0.25, 0.3) is 0 Å². The van der Waals surface area contributed by atoms with Crippen LogP contribution >= 0.6 is 11.3 Å². The maximum absolute atomic E-state index is 12.7. The van der Waals surface area contributed by atoms with Gasteiger partial charge in [0.2, 0.25) is 0 Å². The van der Waals surface area contributed by atoms with Crippen LogP contribution in [-0.4, -0.2) is 30.2 Å². The number of nitrogens with one attached hydrogen (secondary N) is 1. The average molecular weight is 453 g/mol. The van der Waals surface area contributed by atoms with Crippen molar-refractivity contribution in [3.8, 4) is 5.75 Å². The number of nitrogens with zero attached hydrogens (tertiary/aromatic N) is 1. The van der Waals surface area contributed by atoms with Gasteiger partial charge in [0, 0.05) is 16.3 Å². The topological polar surface area (TPSA) is 69.6 Å². The van der Waals surface area contributed by atoms with Crippen LogP contribution in [0, 0.1) is 19.8 Å². The minimum absolute atomic E-state index is 0.0806. The summed E-state index contributed by atoms with van der Waals surface area (Å²) in [6.07, 6.45) is 2.15. The predicted molar refractivity (Wildman–Crippen MR) is 124 cm³/mol. The molecule has 4 rings (SSSR count). The number of hydrogen-bond donors (Lipinski definition) is 1. The number of aromatic nitrogens is 1. The van der Waals surface area contributed by atoms with Crippen molar-refractivity contribution < 1.29 is 19.1 Å². The molecule has 2 aromatic heterocycles. The lowest BCUT2D eigenvalue weighted by molar-refractivity contribution is -0.125. The molecule has 32 heavy (non-hydrogen) atoms. The molecule has 3 aromatic rings. The predicted octanol–water partition coefficient (Wildman–Crippen LogP) is 4.65. The van der Waals surface area contributed by atoms with Gasteiger partial charge in [-0.15, -0.1) is 11.3 Å². The molecule has 1 aliphatic carbocycles. The standard InChI is InChI=1S/C25H28N2O4S/c1-16-13-22(17(2)27(16)14-21-5-4-12-32-21)25(29)31-15-23(28)26-24(18-6-7-18)19-8-10-20(30-3)11-9-19/h4-5,8-13,18,24H,6-7,14-15H2,1-3H3,(H,26,28). The van der Waals surface area contributed by atoms with E-state index < -0.39 is 5.97 Å². The summed E-state index contributed by atoms with van der Waals surface area (Å²) in [5.41, 5.74) is 3.36. The summed E-state index contributed by atoms with van der Waals surface area (Å²) in [7, 11) is 1.63. The monoisotopic (exact) mass is 452 g/mol. The van der Waals surface area contributed by atoms with Crippen LogP contribution in [0.1, 0.15) is 51.1 Å². The molecular weight excluding hydrogens is 424 g/mol. The first-order valence-corrected chi connectivity index (χ1v) is 11.6. The fourth-order valence-electron chi connectivity index (χ4n) is 3.95. The smallest absolute Gasteiger partial charge is 0.340 e. The van der Waals surface area contributed by atoms with Crippen LogP contribution in [0.15, 0.2) is 47.8 Å². The first-order chi connectivity index (χ1) is 15.5. The highest BCUT2D eigenvalue weighted by molar-refractivity contribution is 7.09. The van der Waals surface area contributed by atoms with E-state index in [1.807, 2.05) is 55.6 Å². The highest BCUT2D eigenvalue weighted by Gasteiger charge is 2.33. The third kappa shape index (κ3) is 5.05. The normalized spacial score (nSPS) is 14.1. The van der Waals surface area contributed by atoms with Crippen molar-refractivity contribution >= 4 is 23.2 Å². The highest BCUT2D eigenvalue weighted by atomic mass is 32.1. The van der Waals surface area contributed by atoms with E-state index in [0.29, 0.717) is 18.0 Å². The van der Waals surface area contributed by atoms with Gasteiger partial charge >= 0.3 is 5.97 Å². The van der Waals surface area contributed by atoms with Crippen molar-refractivity contribution in [3.05, 3.63) is 75.2 Å². The molecule has 0 bridgehead atoms. The number of methoxy groups -OCH3 is 1.